The molecular formula is C21H19N2OY-. The maximum absolute atomic E-state index is 9.22. The first-order valence-electron chi connectivity index (χ1n) is 8.05. The van der Waals surface area contributed by atoms with Crippen molar-refractivity contribution in [1.82, 2.24) is 9.78 Å². The molecule has 4 aromatic rings. The van der Waals surface area contributed by atoms with Gasteiger partial charge in [0.15, 0.2) is 0 Å². The largest absolute Gasteiger partial charge is 1.00 e. The molecule has 25 heavy (non-hydrogen) atoms. The van der Waals surface area contributed by atoms with Gasteiger partial charge in [0.25, 0.3) is 0 Å². The summed E-state index contributed by atoms with van der Waals surface area (Å²) in [5, 5.41) is 15.2. The summed E-state index contributed by atoms with van der Waals surface area (Å²) < 4.78 is 2.06. The number of hydrogen-bond donors (Lipinski definition) is 1. The van der Waals surface area contributed by atoms with Gasteiger partial charge in [-0.25, -0.2) is 0 Å². The van der Waals surface area contributed by atoms with Crippen LogP contribution in [-0.2, 0) is 45.9 Å². The van der Waals surface area contributed by atoms with E-state index in [2.05, 4.69) is 41.1 Å². The second-order valence-electron chi connectivity index (χ2n) is 5.86. The topological polar surface area (TPSA) is 38.1 Å². The van der Waals surface area contributed by atoms with Gasteiger partial charge in [0.05, 0.1) is 18.7 Å². The molecule has 0 amide bonds. The molecule has 0 saturated heterocycles. The van der Waals surface area contributed by atoms with Crippen LogP contribution in [-0.4, -0.2) is 14.9 Å². The molecule has 3 nitrogen and oxygen atoms in total. The van der Waals surface area contributed by atoms with Gasteiger partial charge in [-0.1, -0.05) is 72.8 Å². The van der Waals surface area contributed by atoms with Crippen LogP contribution in [0, 0.1) is 0 Å². The average Bonchev–Trinajstić information content (AvgIpc) is 3.01. The Labute approximate surface area is 173 Å². The Morgan fingerprint density at radius 2 is 1.48 bits per heavy atom. The van der Waals surface area contributed by atoms with Crippen molar-refractivity contribution in [1.29, 1.82) is 0 Å². The maximum atomic E-state index is 9.22. The van der Waals surface area contributed by atoms with Gasteiger partial charge in [0.1, 0.15) is 5.69 Å². The van der Waals surface area contributed by atoms with E-state index in [4.69, 9.17) is 5.10 Å². The number of nitrogens with zero attached hydrogens (tertiary/aromatic N) is 2. The normalized spacial score (nSPS) is 10.6. The summed E-state index contributed by atoms with van der Waals surface area (Å²) in [5.41, 5.74) is 5.31. The van der Waals surface area contributed by atoms with Crippen LogP contribution in [0.4, 0.5) is 0 Å². The standard InChI is InChI=1S/C21H18N2O.Y.H/c24-15-17-10-12-18(13-11-17)21-19-8-4-5-9-20(19)23(22-21)14-16-6-2-1-3-7-16;;/h1-13,24H,14-15H2;;/q;;-1/i;;1+1. The molecule has 3 aromatic carbocycles. The van der Waals surface area contributed by atoms with Gasteiger partial charge in [0.2, 0.25) is 0 Å². The van der Waals surface area contributed by atoms with Crippen molar-refractivity contribution in [3.8, 4) is 11.3 Å². The number of rotatable bonds is 4. The summed E-state index contributed by atoms with van der Waals surface area (Å²) in [6.07, 6.45) is 0. The third-order valence-corrected chi connectivity index (χ3v) is 4.24. The van der Waals surface area contributed by atoms with Crippen molar-refractivity contribution < 1.29 is 39.2 Å². The quantitative estimate of drug-likeness (QED) is 0.548. The van der Waals surface area contributed by atoms with Gasteiger partial charge in [-0.3, -0.25) is 4.68 Å². The number of benzene rings is 3. The SMILES string of the molecule is OCc1ccc(-c2nn(Cc3ccccc3)c3ccccc23)cc1.[2H-].[Y]. The molecular weight excluding hydrogens is 385 g/mol. The molecule has 0 atom stereocenters. The van der Waals surface area contributed by atoms with E-state index >= 15 is 0 Å². The van der Waals surface area contributed by atoms with E-state index in [-0.39, 0.29) is 40.7 Å². The van der Waals surface area contributed by atoms with Crippen LogP contribution in [0.25, 0.3) is 22.2 Å². The predicted molar refractivity (Wildman–Crippen MR) is 97.7 cm³/mol. The molecule has 1 heterocycles. The molecule has 0 saturated carbocycles. The van der Waals surface area contributed by atoms with Crippen molar-refractivity contribution in [2.75, 3.05) is 0 Å². The number of fused-ring (bicyclic) bond motifs is 1. The Balaban J connectivity index is 0.00000121. The Morgan fingerprint density at radius 1 is 0.800 bits per heavy atom. The number of aromatic nitrogens is 2. The Morgan fingerprint density at radius 3 is 2.20 bits per heavy atom. The molecule has 0 fully saturated rings. The minimum Gasteiger partial charge on any atom is -1.00 e. The molecule has 1 radical (unpaired) electrons. The van der Waals surface area contributed by atoms with E-state index in [1.807, 2.05) is 42.5 Å². The summed E-state index contributed by atoms with van der Waals surface area (Å²) in [5.74, 6) is 0. The molecule has 1 N–H and O–H groups in total. The first-order chi connectivity index (χ1) is 11.8. The summed E-state index contributed by atoms with van der Waals surface area (Å²) in [7, 11) is 0. The molecule has 0 aliphatic rings. The third kappa shape index (κ3) is 3.74. The van der Waals surface area contributed by atoms with Crippen LogP contribution < -0.4 is 0 Å². The van der Waals surface area contributed by atoms with Crippen LogP contribution in [0.2, 0.25) is 0 Å². The Bertz CT molecular complexity index is 968. The van der Waals surface area contributed by atoms with E-state index in [9.17, 15) is 5.11 Å². The van der Waals surface area contributed by atoms with Crippen LogP contribution >= 0.6 is 0 Å². The van der Waals surface area contributed by atoms with Crippen LogP contribution in [0.15, 0.2) is 78.9 Å². The molecule has 0 aliphatic heterocycles. The molecule has 123 valence electrons. The van der Waals surface area contributed by atoms with Crippen molar-refractivity contribution in [2.24, 2.45) is 0 Å². The smallest absolute Gasteiger partial charge is 0.100 e. The molecule has 0 spiro atoms. The molecule has 0 aliphatic carbocycles. The van der Waals surface area contributed by atoms with E-state index in [0.29, 0.717) is 0 Å². The van der Waals surface area contributed by atoms with Crippen molar-refractivity contribution in [2.45, 2.75) is 13.2 Å². The molecule has 0 bridgehead atoms. The zero-order chi connectivity index (χ0) is 16.4. The minimum absolute atomic E-state index is 0. The number of aliphatic hydroxyl groups excluding tert-OH is 1. The van der Waals surface area contributed by atoms with E-state index in [1.54, 1.807) is 0 Å². The van der Waals surface area contributed by atoms with Gasteiger partial charge in [-0.2, -0.15) is 5.10 Å². The summed E-state index contributed by atoms with van der Waals surface area (Å²) in [6.45, 7) is 0.805. The molecule has 1 aromatic heterocycles. The van der Waals surface area contributed by atoms with Crippen LogP contribution in [0.3, 0.4) is 0 Å². The second-order valence-corrected chi connectivity index (χ2v) is 5.86. The van der Waals surface area contributed by atoms with Crippen molar-refractivity contribution in [3.05, 3.63) is 90.0 Å². The average molecular weight is 405 g/mol. The monoisotopic (exact) mass is 405 g/mol. The first-order valence-corrected chi connectivity index (χ1v) is 8.05. The fourth-order valence-electron chi connectivity index (χ4n) is 2.99. The number of aliphatic hydroxyl groups is 1. The van der Waals surface area contributed by atoms with Gasteiger partial charge < -0.3 is 6.53 Å². The first kappa shape index (κ1) is 18.0. The number of hydrogen-bond acceptors (Lipinski definition) is 2. The maximum Gasteiger partial charge on any atom is 0.100 e. The third-order valence-electron chi connectivity index (χ3n) is 4.24. The Hall–Kier alpha value is -1.81. The van der Waals surface area contributed by atoms with Gasteiger partial charge >= 0.3 is 0 Å². The van der Waals surface area contributed by atoms with Crippen LogP contribution in [0.1, 0.15) is 12.6 Å². The van der Waals surface area contributed by atoms with Gasteiger partial charge in [-0.05, 0) is 17.2 Å². The van der Waals surface area contributed by atoms with E-state index in [0.717, 1.165) is 34.3 Å². The fourth-order valence-corrected chi connectivity index (χ4v) is 2.99. The summed E-state index contributed by atoms with van der Waals surface area (Å²) >= 11 is 0. The molecule has 4 heteroatoms. The number of para-hydroxylation sites is 1. The van der Waals surface area contributed by atoms with Crippen molar-refractivity contribution >= 4 is 10.9 Å². The Kier molecular flexibility index (Phi) is 5.79. The molecule has 4 rings (SSSR count). The van der Waals surface area contributed by atoms with E-state index in [1.165, 1.54) is 5.56 Å². The second kappa shape index (κ2) is 8.05. The zero-order valence-electron chi connectivity index (χ0n) is 14.8. The summed E-state index contributed by atoms with van der Waals surface area (Å²) in [6, 6.07) is 26.6. The fraction of sp³-hybridized carbons (Fsp3) is 0.0952. The van der Waals surface area contributed by atoms with Crippen molar-refractivity contribution in [3.63, 3.8) is 0 Å². The van der Waals surface area contributed by atoms with E-state index < -0.39 is 0 Å². The zero-order valence-corrected chi connectivity index (χ0v) is 16.7. The predicted octanol–water partition coefficient (Wildman–Crippen LogP) is 4.35. The molecule has 0 unspecified atom stereocenters. The van der Waals surface area contributed by atoms with Crippen LogP contribution in [0.5, 0.6) is 0 Å². The summed E-state index contributed by atoms with van der Waals surface area (Å²) in [4.78, 5) is 0. The van der Waals surface area contributed by atoms with Gasteiger partial charge in [0, 0.05) is 43.7 Å². The minimum atomic E-state index is 0. The van der Waals surface area contributed by atoms with Gasteiger partial charge in [-0.15, -0.1) is 0 Å².